The lowest BCUT2D eigenvalue weighted by Crippen LogP contribution is -2.36. The molecule has 0 radical (unpaired) electrons. The van der Waals surface area contributed by atoms with Gasteiger partial charge in [-0.3, -0.25) is 14.9 Å². The topological polar surface area (TPSA) is 84.1 Å². The van der Waals surface area contributed by atoms with Gasteiger partial charge >= 0.3 is 6.03 Å². The van der Waals surface area contributed by atoms with Crippen LogP contribution < -0.4 is 11.1 Å². The lowest BCUT2D eigenvalue weighted by molar-refractivity contribution is 0.161. The number of aromatic nitrogens is 2. The summed E-state index contributed by atoms with van der Waals surface area (Å²) in [5.74, 6) is 0. The summed E-state index contributed by atoms with van der Waals surface area (Å²) >= 11 is 0. The first-order valence-electron chi connectivity index (χ1n) is 9.68. The minimum absolute atomic E-state index is 0.283. The molecule has 0 aromatic carbocycles. The first kappa shape index (κ1) is 19.3. The van der Waals surface area contributed by atoms with Gasteiger partial charge in [0, 0.05) is 32.0 Å². The third kappa shape index (κ3) is 5.04. The molecular weight excluding hydrogens is 338 g/mol. The van der Waals surface area contributed by atoms with Crippen molar-refractivity contribution in [3.05, 3.63) is 58.7 Å². The maximum absolute atomic E-state index is 11.0. The molecule has 1 unspecified atom stereocenters. The number of carbonyl (C=O) groups is 1. The predicted molar refractivity (Wildman–Crippen MR) is 106 cm³/mol. The lowest BCUT2D eigenvalue weighted by atomic mass is 9.90. The molecule has 0 fully saturated rings. The summed E-state index contributed by atoms with van der Waals surface area (Å²) in [6.07, 6.45) is 8.02. The van der Waals surface area contributed by atoms with Crippen LogP contribution in [0.5, 0.6) is 0 Å². The van der Waals surface area contributed by atoms with E-state index in [0.29, 0.717) is 6.54 Å². The van der Waals surface area contributed by atoms with Crippen LogP contribution in [0.4, 0.5) is 4.79 Å². The van der Waals surface area contributed by atoms with Crippen LogP contribution in [0, 0.1) is 13.8 Å². The molecule has 27 heavy (non-hydrogen) atoms. The normalized spacial score (nSPS) is 16.2. The average molecular weight is 367 g/mol. The molecule has 2 heterocycles. The zero-order valence-corrected chi connectivity index (χ0v) is 16.2. The van der Waals surface area contributed by atoms with Crippen molar-refractivity contribution in [3.8, 4) is 0 Å². The van der Waals surface area contributed by atoms with E-state index in [9.17, 15) is 4.79 Å². The van der Waals surface area contributed by atoms with Gasteiger partial charge in [-0.1, -0.05) is 12.1 Å². The monoisotopic (exact) mass is 367 g/mol. The van der Waals surface area contributed by atoms with Gasteiger partial charge in [0.15, 0.2) is 0 Å². The van der Waals surface area contributed by atoms with Gasteiger partial charge in [0.2, 0.25) is 0 Å². The number of amides is 2. The Morgan fingerprint density at radius 1 is 1.37 bits per heavy atom. The van der Waals surface area contributed by atoms with Gasteiger partial charge in [0.05, 0.1) is 17.4 Å². The summed E-state index contributed by atoms with van der Waals surface area (Å²) < 4.78 is 0. The molecule has 6 nitrogen and oxygen atoms in total. The third-order valence-electron chi connectivity index (χ3n) is 5.20. The van der Waals surface area contributed by atoms with Crippen LogP contribution in [0.15, 0.2) is 30.6 Å². The lowest BCUT2D eigenvalue weighted by Gasteiger charge is -2.35. The first-order valence-corrected chi connectivity index (χ1v) is 9.68. The number of pyridine rings is 2. The van der Waals surface area contributed by atoms with E-state index < -0.39 is 6.03 Å². The summed E-state index contributed by atoms with van der Waals surface area (Å²) in [5.41, 5.74) is 11.2. The van der Waals surface area contributed by atoms with Crippen molar-refractivity contribution in [3.63, 3.8) is 0 Å². The number of carbonyl (C=O) groups excluding carboxylic acids is 1. The molecule has 0 saturated carbocycles. The van der Waals surface area contributed by atoms with E-state index in [-0.39, 0.29) is 6.04 Å². The number of primary amides is 1. The van der Waals surface area contributed by atoms with Gasteiger partial charge in [-0.2, -0.15) is 0 Å². The Hall–Kier alpha value is -2.47. The number of hydrogen-bond donors (Lipinski definition) is 2. The molecule has 144 valence electrons. The Morgan fingerprint density at radius 3 is 3.00 bits per heavy atom. The van der Waals surface area contributed by atoms with Crippen molar-refractivity contribution in [1.82, 2.24) is 20.2 Å². The van der Waals surface area contributed by atoms with Crippen molar-refractivity contribution in [2.75, 3.05) is 13.1 Å². The number of rotatable bonds is 7. The molecule has 3 N–H and O–H groups in total. The van der Waals surface area contributed by atoms with E-state index in [0.717, 1.165) is 38.0 Å². The Labute approximate surface area is 161 Å². The molecule has 0 bridgehead atoms. The summed E-state index contributed by atoms with van der Waals surface area (Å²) in [5, 5.41) is 2.69. The molecule has 1 aliphatic carbocycles. The smallest absolute Gasteiger partial charge is 0.312 e. The molecule has 2 amide bonds. The molecule has 2 aromatic heterocycles. The van der Waals surface area contributed by atoms with Gasteiger partial charge in [0.25, 0.3) is 0 Å². The Morgan fingerprint density at radius 2 is 2.22 bits per heavy atom. The Bertz CT molecular complexity index is 792. The maximum Gasteiger partial charge on any atom is 0.312 e. The highest BCUT2D eigenvalue weighted by Gasteiger charge is 2.27. The average Bonchev–Trinajstić information content (AvgIpc) is 2.65. The summed E-state index contributed by atoms with van der Waals surface area (Å²) in [6.45, 7) is 6.40. The minimum atomic E-state index is -0.470. The molecule has 1 atom stereocenters. The van der Waals surface area contributed by atoms with Gasteiger partial charge in [-0.15, -0.1) is 0 Å². The highest BCUT2D eigenvalue weighted by atomic mass is 16.2. The van der Waals surface area contributed by atoms with E-state index >= 15 is 0 Å². The Kier molecular flexibility index (Phi) is 6.40. The number of nitrogens with one attached hydrogen (secondary N) is 1. The SMILES string of the molecule is Cc1cnc(CN(CCCNC(N)=O)C2CCCc3cccnc32)c(C)c1. The standard InChI is InChI=1S/C21H29N5O/c1-15-12-16(2)18(25-13-15)14-26(11-5-10-24-21(22)27)19-8-3-6-17-7-4-9-23-20(17)19/h4,7,9,12-13,19H,3,5-6,8,10-11,14H2,1-2H3,(H3,22,24,27). The molecular formula is C21H29N5O. The highest BCUT2D eigenvalue weighted by Crippen LogP contribution is 2.33. The summed E-state index contributed by atoms with van der Waals surface area (Å²) in [7, 11) is 0. The van der Waals surface area contributed by atoms with Crippen molar-refractivity contribution in [2.24, 2.45) is 5.73 Å². The second kappa shape index (κ2) is 8.95. The number of nitrogens with zero attached hydrogens (tertiary/aromatic N) is 3. The van der Waals surface area contributed by atoms with Crippen LogP contribution in [0.3, 0.4) is 0 Å². The molecule has 3 rings (SSSR count). The van der Waals surface area contributed by atoms with Crippen molar-refractivity contribution >= 4 is 6.03 Å². The fourth-order valence-electron chi connectivity index (χ4n) is 3.88. The van der Waals surface area contributed by atoms with Crippen molar-refractivity contribution in [2.45, 2.75) is 52.1 Å². The largest absolute Gasteiger partial charge is 0.352 e. The zero-order valence-electron chi connectivity index (χ0n) is 16.2. The maximum atomic E-state index is 11.0. The second-order valence-corrected chi connectivity index (χ2v) is 7.35. The van der Waals surface area contributed by atoms with Crippen LogP contribution in [0.25, 0.3) is 0 Å². The molecule has 1 aliphatic rings. The minimum Gasteiger partial charge on any atom is -0.352 e. The molecule has 2 aromatic rings. The van der Waals surface area contributed by atoms with Gasteiger partial charge in [-0.05, 0) is 62.3 Å². The van der Waals surface area contributed by atoms with E-state index in [2.05, 4.69) is 41.2 Å². The van der Waals surface area contributed by atoms with Crippen LogP contribution in [-0.2, 0) is 13.0 Å². The second-order valence-electron chi connectivity index (χ2n) is 7.35. The van der Waals surface area contributed by atoms with Crippen LogP contribution in [0.1, 0.15) is 53.4 Å². The van der Waals surface area contributed by atoms with Gasteiger partial charge < -0.3 is 11.1 Å². The number of nitrogens with two attached hydrogens (primary N) is 1. The van der Waals surface area contributed by atoms with E-state index in [1.54, 1.807) is 0 Å². The zero-order chi connectivity index (χ0) is 19.2. The number of aryl methyl sites for hydroxylation is 3. The molecule has 6 heteroatoms. The molecule has 0 aliphatic heterocycles. The number of urea groups is 1. The van der Waals surface area contributed by atoms with E-state index in [1.165, 1.54) is 28.8 Å². The highest BCUT2D eigenvalue weighted by molar-refractivity contribution is 5.71. The third-order valence-corrected chi connectivity index (χ3v) is 5.20. The fraction of sp³-hybridized carbons (Fsp3) is 0.476. The van der Waals surface area contributed by atoms with Crippen molar-refractivity contribution < 1.29 is 4.79 Å². The van der Waals surface area contributed by atoms with Crippen LogP contribution in [-0.4, -0.2) is 34.0 Å². The number of fused-ring (bicyclic) bond motifs is 1. The Balaban J connectivity index is 1.80. The predicted octanol–water partition coefficient (Wildman–Crippen LogP) is 3.03. The van der Waals surface area contributed by atoms with Crippen LogP contribution in [0.2, 0.25) is 0 Å². The van der Waals surface area contributed by atoms with Gasteiger partial charge in [-0.25, -0.2) is 4.79 Å². The van der Waals surface area contributed by atoms with E-state index in [4.69, 9.17) is 10.7 Å². The molecule has 0 saturated heterocycles. The van der Waals surface area contributed by atoms with Gasteiger partial charge in [0.1, 0.15) is 0 Å². The van der Waals surface area contributed by atoms with E-state index in [1.807, 2.05) is 18.5 Å². The first-order chi connectivity index (χ1) is 13.0. The van der Waals surface area contributed by atoms with Crippen LogP contribution >= 0.6 is 0 Å². The summed E-state index contributed by atoms with van der Waals surface area (Å²) in [4.78, 5) is 22.8. The van der Waals surface area contributed by atoms with Crippen molar-refractivity contribution in [1.29, 1.82) is 0 Å². The summed E-state index contributed by atoms with van der Waals surface area (Å²) in [6, 6.07) is 6.21. The fourth-order valence-corrected chi connectivity index (χ4v) is 3.88. The molecule has 0 spiro atoms. The quantitative estimate of drug-likeness (QED) is 0.737. The number of hydrogen-bond acceptors (Lipinski definition) is 4.